The molecule has 0 aliphatic rings. The highest BCUT2D eigenvalue weighted by atomic mass is 16.6. The van der Waals surface area contributed by atoms with Crippen LogP contribution in [0.2, 0.25) is 0 Å². The minimum atomic E-state index is -0.795. The number of hydrogen-bond donors (Lipinski definition) is 0. The van der Waals surface area contributed by atoms with E-state index >= 15 is 0 Å². The molecule has 63 heavy (non-hydrogen) atoms. The number of unbranched alkanes of at least 4 members (excludes halogenated alkanes) is 24. The fourth-order valence-corrected chi connectivity index (χ4v) is 7.11. The van der Waals surface area contributed by atoms with Crippen molar-refractivity contribution in [1.82, 2.24) is 0 Å². The number of rotatable bonds is 47. The standard InChI is InChI=1S/C57H98O6/c1-4-7-10-13-16-19-22-25-28-29-30-33-35-38-41-44-47-50-56(59)62-53-54(63-57(60)51-48-45-42-39-36-32-27-24-21-18-15-12-9-6-3)52-61-55(58)49-46-43-40-37-34-31-26-23-20-17-14-11-8-5-2/h15-16,18-19,23-28,30,33,54H,4-14,17,20-22,29,31-32,34-53H2,1-3H3/b18-15+,19-16+,26-23+,27-24+,28-25+,33-30+/t54-/m1/s1. The zero-order valence-electron chi connectivity index (χ0n) is 41.3. The van der Waals surface area contributed by atoms with Crippen LogP contribution in [-0.2, 0) is 28.6 Å². The Balaban J connectivity index is 4.45. The highest BCUT2D eigenvalue weighted by Crippen LogP contribution is 2.13. The average Bonchev–Trinajstić information content (AvgIpc) is 3.28. The van der Waals surface area contributed by atoms with E-state index in [1.165, 1.54) is 96.3 Å². The van der Waals surface area contributed by atoms with E-state index in [2.05, 4.69) is 93.7 Å². The van der Waals surface area contributed by atoms with Gasteiger partial charge < -0.3 is 14.2 Å². The van der Waals surface area contributed by atoms with Gasteiger partial charge in [-0.2, -0.15) is 0 Å². The lowest BCUT2D eigenvalue weighted by Gasteiger charge is -2.18. The molecule has 6 heteroatoms. The molecule has 0 rings (SSSR count). The van der Waals surface area contributed by atoms with Crippen molar-refractivity contribution in [2.24, 2.45) is 0 Å². The lowest BCUT2D eigenvalue weighted by Crippen LogP contribution is -2.30. The van der Waals surface area contributed by atoms with E-state index in [4.69, 9.17) is 14.2 Å². The quantitative estimate of drug-likeness (QED) is 0.0262. The van der Waals surface area contributed by atoms with Crippen LogP contribution in [0.1, 0.15) is 252 Å². The summed E-state index contributed by atoms with van der Waals surface area (Å²) in [5, 5.41) is 0. The maximum Gasteiger partial charge on any atom is 0.306 e. The third kappa shape index (κ3) is 49.7. The molecule has 0 N–H and O–H groups in total. The maximum atomic E-state index is 12.8. The van der Waals surface area contributed by atoms with Crippen LogP contribution in [0.25, 0.3) is 0 Å². The second-order valence-electron chi connectivity index (χ2n) is 17.4. The average molecular weight is 879 g/mol. The van der Waals surface area contributed by atoms with Gasteiger partial charge in [-0.15, -0.1) is 0 Å². The van der Waals surface area contributed by atoms with Crippen molar-refractivity contribution in [3.8, 4) is 0 Å². The van der Waals surface area contributed by atoms with Crippen molar-refractivity contribution in [3.05, 3.63) is 72.9 Å². The van der Waals surface area contributed by atoms with E-state index in [0.717, 1.165) is 116 Å². The Morgan fingerprint density at radius 1 is 0.317 bits per heavy atom. The van der Waals surface area contributed by atoms with Crippen LogP contribution in [0.4, 0.5) is 0 Å². The summed E-state index contributed by atoms with van der Waals surface area (Å²) in [4.78, 5) is 38.0. The third-order valence-electron chi connectivity index (χ3n) is 11.2. The van der Waals surface area contributed by atoms with E-state index in [0.29, 0.717) is 19.3 Å². The number of hydrogen-bond acceptors (Lipinski definition) is 6. The highest BCUT2D eigenvalue weighted by Gasteiger charge is 2.19. The molecule has 0 amide bonds. The normalized spacial score (nSPS) is 12.6. The van der Waals surface area contributed by atoms with Gasteiger partial charge in [-0.1, -0.05) is 196 Å². The molecule has 362 valence electrons. The Kier molecular flexibility index (Phi) is 48.9. The van der Waals surface area contributed by atoms with Gasteiger partial charge in [0.25, 0.3) is 0 Å². The summed E-state index contributed by atoms with van der Waals surface area (Å²) in [7, 11) is 0. The van der Waals surface area contributed by atoms with Crippen molar-refractivity contribution in [2.45, 2.75) is 258 Å². The zero-order valence-corrected chi connectivity index (χ0v) is 41.3. The first-order valence-corrected chi connectivity index (χ1v) is 26.4. The molecular weight excluding hydrogens is 781 g/mol. The van der Waals surface area contributed by atoms with E-state index in [1.54, 1.807) is 0 Å². The molecular formula is C57H98O6. The molecule has 0 aliphatic heterocycles. The zero-order chi connectivity index (χ0) is 45.8. The monoisotopic (exact) mass is 879 g/mol. The molecule has 0 fully saturated rings. The van der Waals surface area contributed by atoms with Gasteiger partial charge in [0.1, 0.15) is 13.2 Å². The summed E-state index contributed by atoms with van der Waals surface area (Å²) in [5.74, 6) is -0.935. The van der Waals surface area contributed by atoms with E-state index < -0.39 is 6.10 Å². The lowest BCUT2D eigenvalue weighted by molar-refractivity contribution is -0.167. The van der Waals surface area contributed by atoms with Crippen LogP contribution in [0.15, 0.2) is 72.9 Å². The van der Waals surface area contributed by atoms with Crippen LogP contribution >= 0.6 is 0 Å². The Bertz CT molecular complexity index is 1190. The second kappa shape index (κ2) is 51.5. The second-order valence-corrected chi connectivity index (χ2v) is 17.4. The van der Waals surface area contributed by atoms with Gasteiger partial charge in [-0.05, 0) is 109 Å². The van der Waals surface area contributed by atoms with Crippen LogP contribution in [-0.4, -0.2) is 37.2 Å². The largest absolute Gasteiger partial charge is 0.462 e. The van der Waals surface area contributed by atoms with Gasteiger partial charge >= 0.3 is 17.9 Å². The SMILES string of the molecule is CCCC/C=C/C/C=C/CCCCCCCC(=O)O[C@@H](COC(=O)CCCCCC/C=C/C/C=C/C/C=C/CCCCC)COC(=O)CCCCCCC/C=C/CCCCCCC. The number of ether oxygens (including phenoxy) is 3. The van der Waals surface area contributed by atoms with Gasteiger partial charge in [0.15, 0.2) is 6.10 Å². The predicted octanol–water partition coefficient (Wildman–Crippen LogP) is 17.4. The summed E-state index contributed by atoms with van der Waals surface area (Å²) >= 11 is 0. The molecule has 0 aliphatic carbocycles. The lowest BCUT2D eigenvalue weighted by atomic mass is 10.1. The molecule has 0 bridgehead atoms. The minimum absolute atomic E-state index is 0.0929. The number of allylic oxidation sites excluding steroid dienone is 12. The molecule has 0 saturated heterocycles. The Morgan fingerprint density at radius 2 is 0.587 bits per heavy atom. The molecule has 0 saturated carbocycles. The summed E-state index contributed by atoms with van der Waals surface area (Å²) < 4.78 is 16.8. The van der Waals surface area contributed by atoms with Gasteiger partial charge in [-0.25, -0.2) is 0 Å². The fourth-order valence-electron chi connectivity index (χ4n) is 7.11. The third-order valence-corrected chi connectivity index (χ3v) is 11.2. The van der Waals surface area contributed by atoms with Crippen molar-refractivity contribution in [1.29, 1.82) is 0 Å². The summed E-state index contributed by atoms with van der Waals surface area (Å²) in [6, 6.07) is 0. The van der Waals surface area contributed by atoms with Gasteiger partial charge in [0.2, 0.25) is 0 Å². The van der Waals surface area contributed by atoms with Gasteiger partial charge in [0.05, 0.1) is 0 Å². The van der Waals surface area contributed by atoms with E-state index in [9.17, 15) is 14.4 Å². The Morgan fingerprint density at radius 3 is 0.984 bits per heavy atom. The summed E-state index contributed by atoms with van der Waals surface area (Å²) in [6.07, 6.45) is 64.5. The number of esters is 3. The summed E-state index contributed by atoms with van der Waals surface area (Å²) in [5.41, 5.74) is 0. The summed E-state index contributed by atoms with van der Waals surface area (Å²) in [6.45, 7) is 6.52. The van der Waals surface area contributed by atoms with Crippen molar-refractivity contribution in [3.63, 3.8) is 0 Å². The first-order valence-electron chi connectivity index (χ1n) is 26.4. The Labute approximate surface area is 389 Å². The van der Waals surface area contributed by atoms with Crippen LogP contribution in [0.3, 0.4) is 0 Å². The maximum absolute atomic E-state index is 12.8. The molecule has 0 spiro atoms. The molecule has 6 nitrogen and oxygen atoms in total. The predicted molar refractivity (Wildman–Crippen MR) is 270 cm³/mol. The van der Waals surface area contributed by atoms with Crippen molar-refractivity contribution in [2.75, 3.05) is 13.2 Å². The molecule has 0 heterocycles. The van der Waals surface area contributed by atoms with Crippen molar-refractivity contribution < 1.29 is 28.6 Å². The molecule has 0 radical (unpaired) electrons. The van der Waals surface area contributed by atoms with Gasteiger partial charge in [-0.3, -0.25) is 14.4 Å². The van der Waals surface area contributed by atoms with Crippen molar-refractivity contribution >= 4 is 17.9 Å². The first kappa shape index (κ1) is 59.9. The van der Waals surface area contributed by atoms with Crippen LogP contribution < -0.4 is 0 Å². The molecule has 0 aromatic heterocycles. The smallest absolute Gasteiger partial charge is 0.306 e. The molecule has 0 aromatic rings. The van der Waals surface area contributed by atoms with E-state index in [-0.39, 0.29) is 31.1 Å². The topological polar surface area (TPSA) is 78.9 Å². The minimum Gasteiger partial charge on any atom is -0.462 e. The first-order chi connectivity index (χ1) is 31.0. The van der Waals surface area contributed by atoms with Crippen LogP contribution in [0, 0.1) is 0 Å². The van der Waals surface area contributed by atoms with E-state index in [1.807, 2.05) is 0 Å². The number of carbonyl (C=O) groups is 3. The van der Waals surface area contributed by atoms with Crippen LogP contribution in [0.5, 0.6) is 0 Å². The van der Waals surface area contributed by atoms with Gasteiger partial charge in [0, 0.05) is 19.3 Å². The number of carbonyl (C=O) groups excluding carboxylic acids is 3. The fraction of sp³-hybridized carbons (Fsp3) is 0.737. The molecule has 0 unspecified atom stereocenters. The molecule has 1 atom stereocenters. The Hall–Kier alpha value is -3.15. The highest BCUT2D eigenvalue weighted by molar-refractivity contribution is 5.71. The molecule has 0 aromatic carbocycles.